The average molecular weight is 326 g/mol. The van der Waals surface area contributed by atoms with Crippen molar-refractivity contribution in [3.8, 4) is 0 Å². The van der Waals surface area contributed by atoms with Crippen LogP contribution < -0.4 is 0 Å². The Morgan fingerprint density at radius 2 is 2.09 bits per heavy atom. The summed E-state index contributed by atoms with van der Waals surface area (Å²) in [4.78, 5) is 0. The van der Waals surface area contributed by atoms with E-state index in [-0.39, 0.29) is 17.7 Å². The number of hydrogen-bond donors (Lipinski definition) is 1. The Morgan fingerprint density at radius 3 is 2.68 bits per heavy atom. The lowest BCUT2D eigenvalue weighted by Gasteiger charge is -2.14. The molecule has 1 aromatic heterocycles. The van der Waals surface area contributed by atoms with Crippen LogP contribution in [-0.4, -0.2) is 47.4 Å². The molecule has 1 N–H and O–H groups in total. The molecule has 0 aliphatic rings. The minimum absolute atomic E-state index is 0.0128. The summed E-state index contributed by atoms with van der Waals surface area (Å²) >= 11 is 0. The molecule has 1 heterocycles. The number of aromatic nitrogens is 2. The monoisotopic (exact) mass is 326 g/mol. The Kier molecular flexibility index (Phi) is 4.57. The summed E-state index contributed by atoms with van der Waals surface area (Å²) in [5.74, 6) is -0.454. The van der Waals surface area contributed by atoms with E-state index in [2.05, 4.69) is 10.3 Å². The zero-order valence-electron chi connectivity index (χ0n) is 12.0. The molecule has 2 aromatic rings. The highest BCUT2D eigenvalue weighted by atomic mass is 32.2. The third kappa shape index (κ3) is 3.00. The van der Waals surface area contributed by atoms with Crippen molar-refractivity contribution >= 4 is 16.4 Å². The van der Waals surface area contributed by atoms with Gasteiger partial charge in [0.05, 0.1) is 18.1 Å². The second-order valence-electron chi connectivity index (χ2n) is 4.69. The summed E-state index contributed by atoms with van der Waals surface area (Å²) in [7, 11) is -1.14. The fraction of sp³-hybridized carbons (Fsp3) is 0.231. The van der Waals surface area contributed by atoms with Gasteiger partial charge in [-0.3, -0.25) is 0 Å². The van der Waals surface area contributed by atoms with Crippen LogP contribution in [0.5, 0.6) is 0 Å². The van der Waals surface area contributed by atoms with Gasteiger partial charge in [-0.15, -0.1) is 4.09 Å². The molecular formula is C13H15FN4O3S. The summed E-state index contributed by atoms with van der Waals surface area (Å²) in [5.41, 5.74) is 0.804. The molecule has 22 heavy (non-hydrogen) atoms. The highest BCUT2D eigenvalue weighted by molar-refractivity contribution is 7.87. The van der Waals surface area contributed by atoms with Crippen molar-refractivity contribution in [3.05, 3.63) is 53.1 Å². The molecule has 0 aliphatic heterocycles. The zero-order chi connectivity index (χ0) is 16.3. The molecule has 0 aliphatic carbocycles. The first-order valence-electron chi connectivity index (χ1n) is 6.28. The quantitative estimate of drug-likeness (QED) is 0.506. The Balaban J connectivity index is 2.58. The van der Waals surface area contributed by atoms with Crippen LogP contribution in [0.3, 0.4) is 0 Å². The first-order valence-corrected chi connectivity index (χ1v) is 7.68. The minimum Gasteiger partial charge on any atom is -0.411 e. The van der Waals surface area contributed by atoms with Gasteiger partial charge in [0.15, 0.2) is 0 Å². The van der Waals surface area contributed by atoms with Crippen LogP contribution in [-0.2, 0) is 16.6 Å². The molecule has 0 fully saturated rings. The predicted octanol–water partition coefficient (Wildman–Crippen LogP) is 1.08. The molecule has 9 heteroatoms. The Hall–Kier alpha value is -2.26. The lowest BCUT2D eigenvalue weighted by atomic mass is 10.1. The normalized spacial score (nSPS) is 12.4. The van der Waals surface area contributed by atoms with E-state index in [4.69, 9.17) is 5.21 Å². The molecule has 118 valence electrons. The van der Waals surface area contributed by atoms with Crippen molar-refractivity contribution < 1.29 is 18.0 Å². The van der Waals surface area contributed by atoms with E-state index in [0.29, 0.717) is 5.56 Å². The van der Waals surface area contributed by atoms with Crippen molar-refractivity contribution in [2.45, 2.75) is 6.42 Å². The molecule has 2 rings (SSSR count). The second kappa shape index (κ2) is 6.24. The third-order valence-corrected chi connectivity index (χ3v) is 4.73. The van der Waals surface area contributed by atoms with Gasteiger partial charge >= 0.3 is 10.2 Å². The second-order valence-corrected chi connectivity index (χ2v) is 6.66. The van der Waals surface area contributed by atoms with E-state index in [1.165, 1.54) is 26.4 Å². The van der Waals surface area contributed by atoms with Gasteiger partial charge in [-0.05, 0) is 11.6 Å². The fourth-order valence-electron chi connectivity index (χ4n) is 1.88. The lowest BCUT2D eigenvalue weighted by molar-refractivity contribution is 0.322. The molecule has 0 amide bonds. The largest absolute Gasteiger partial charge is 0.411 e. The van der Waals surface area contributed by atoms with Crippen LogP contribution in [0.2, 0.25) is 0 Å². The maximum Gasteiger partial charge on any atom is 0.322 e. The molecule has 0 unspecified atom stereocenters. The smallest absolute Gasteiger partial charge is 0.322 e. The predicted molar refractivity (Wildman–Crippen MR) is 78.8 cm³/mol. The van der Waals surface area contributed by atoms with Crippen LogP contribution in [0.1, 0.15) is 16.8 Å². The van der Waals surface area contributed by atoms with E-state index in [1.54, 1.807) is 18.2 Å². The number of halogens is 1. The molecule has 0 spiro atoms. The molecule has 1 aromatic carbocycles. The van der Waals surface area contributed by atoms with Crippen LogP contribution >= 0.6 is 0 Å². The third-order valence-electron chi connectivity index (χ3n) is 3.06. The van der Waals surface area contributed by atoms with E-state index < -0.39 is 16.0 Å². The first kappa shape index (κ1) is 16.1. The van der Waals surface area contributed by atoms with Gasteiger partial charge in [0.25, 0.3) is 0 Å². The number of hydrogen-bond acceptors (Lipinski definition) is 5. The number of benzene rings is 1. The SMILES string of the molecule is CN(C)S(=O)(=O)n1ncc(C=NO)c1Cc1ccccc1F. The van der Waals surface area contributed by atoms with Gasteiger partial charge in [0.1, 0.15) is 5.82 Å². The molecule has 0 radical (unpaired) electrons. The van der Waals surface area contributed by atoms with Crippen LogP contribution in [0, 0.1) is 5.82 Å². The van der Waals surface area contributed by atoms with Gasteiger partial charge in [-0.2, -0.15) is 17.8 Å². The van der Waals surface area contributed by atoms with E-state index >= 15 is 0 Å². The topological polar surface area (TPSA) is 87.8 Å². The summed E-state index contributed by atoms with van der Waals surface area (Å²) in [6.07, 6.45) is 2.29. The highest BCUT2D eigenvalue weighted by Crippen LogP contribution is 2.18. The molecule has 0 saturated carbocycles. The van der Waals surface area contributed by atoms with Crippen molar-refractivity contribution in [2.75, 3.05) is 14.1 Å². The van der Waals surface area contributed by atoms with Crippen LogP contribution in [0.25, 0.3) is 0 Å². The van der Waals surface area contributed by atoms with Crippen molar-refractivity contribution in [2.24, 2.45) is 5.16 Å². The first-order chi connectivity index (χ1) is 10.4. The highest BCUT2D eigenvalue weighted by Gasteiger charge is 2.24. The van der Waals surface area contributed by atoms with Gasteiger partial charge in [-0.1, -0.05) is 23.4 Å². The molecule has 0 saturated heterocycles. The van der Waals surface area contributed by atoms with Crippen molar-refractivity contribution in [3.63, 3.8) is 0 Å². The lowest BCUT2D eigenvalue weighted by Crippen LogP contribution is -2.31. The maximum absolute atomic E-state index is 13.8. The van der Waals surface area contributed by atoms with Gasteiger partial charge in [0, 0.05) is 26.1 Å². The Labute approximate surface area is 127 Å². The number of oxime groups is 1. The molecular weight excluding hydrogens is 311 g/mol. The number of nitrogens with zero attached hydrogens (tertiary/aromatic N) is 4. The molecule has 0 bridgehead atoms. The Morgan fingerprint density at radius 1 is 1.41 bits per heavy atom. The summed E-state index contributed by atoms with van der Waals surface area (Å²) in [6.45, 7) is 0. The Bertz CT molecular complexity index is 799. The number of rotatable bonds is 5. The van der Waals surface area contributed by atoms with Gasteiger partial charge < -0.3 is 5.21 Å². The maximum atomic E-state index is 13.8. The van der Waals surface area contributed by atoms with E-state index in [0.717, 1.165) is 14.6 Å². The van der Waals surface area contributed by atoms with Crippen LogP contribution in [0.15, 0.2) is 35.6 Å². The summed E-state index contributed by atoms with van der Waals surface area (Å²) in [6, 6.07) is 6.03. The van der Waals surface area contributed by atoms with Gasteiger partial charge in [0.2, 0.25) is 0 Å². The van der Waals surface area contributed by atoms with Crippen LogP contribution in [0.4, 0.5) is 4.39 Å². The van der Waals surface area contributed by atoms with Gasteiger partial charge in [-0.25, -0.2) is 4.39 Å². The minimum atomic E-state index is -3.86. The standard InChI is InChI=1S/C13H15FN4O3S/c1-17(2)22(20,21)18-13(11(8-15-18)9-16-19)7-10-5-3-4-6-12(10)14/h3-6,8-9,19H,7H2,1-2H3. The van der Waals surface area contributed by atoms with Crippen molar-refractivity contribution in [1.29, 1.82) is 0 Å². The molecule has 0 atom stereocenters. The van der Waals surface area contributed by atoms with Crippen molar-refractivity contribution in [1.82, 2.24) is 13.5 Å². The molecule has 7 nitrogen and oxygen atoms in total. The zero-order valence-corrected chi connectivity index (χ0v) is 12.8. The van der Waals surface area contributed by atoms with E-state index in [9.17, 15) is 12.8 Å². The average Bonchev–Trinajstić information content (AvgIpc) is 2.85. The van der Waals surface area contributed by atoms with E-state index in [1.807, 2.05) is 0 Å². The summed E-state index contributed by atoms with van der Waals surface area (Å²) < 4.78 is 40.1. The fourth-order valence-corrected chi connectivity index (χ4v) is 2.81. The summed E-state index contributed by atoms with van der Waals surface area (Å²) in [5, 5.41) is 15.4.